The van der Waals surface area contributed by atoms with Gasteiger partial charge in [-0.05, 0) is 43.4 Å². The number of carbonyl (C=O) groups excluding carboxylic acids is 2. The van der Waals surface area contributed by atoms with Gasteiger partial charge in [0.05, 0.1) is 27.3 Å². The van der Waals surface area contributed by atoms with E-state index < -0.39 is 0 Å². The maximum Gasteiger partial charge on any atom is 0.238 e. The Balaban J connectivity index is 1.42. The summed E-state index contributed by atoms with van der Waals surface area (Å²) in [5.74, 6) is 1.37. The first-order chi connectivity index (χ1) is 15.0. The zero-order chi connectivity index (χ0) is 22.2. The Labute approximate surface area is 183 Å². The highest BCUT2D eigenvalue weighted by Crippen LogP contribution is 2.20. The van der Waals surface area contributed by atoms with E-state index in [1.54, 1.807) is 38.3 Å². The molecule has 0 atom stereocenters. The Morgan fingerprint density at radius 3 is 2.26 bits per heavy atom. The summed E-state index contributed by atoms with van der Waals surface area (Å²) in [6.45, 7) is 3.21. The van der Waals surface area contributed by atoms with Crippen molar-refractivity contribution >= 4 is 23.2 Å². The topological polar surface area (TPSA) is 74.4 Å². The van der Waals surface area contributed by atoms with E-state index >= 15 is 0 Å². The molecule has 1 fully saturated rings. The van der Waals surface area contributed by atoms with Gasteiger partial charge in [-0.3, -0.25) is 14.5 Å². The fourth-order valence-electron chi connectivity index (χ4n) is 3.54. The number of likely N-dealkylation sites (N-methyl/N-ethyl adjacent to an activating group) is 1. The Hall–Kier alpha value is -3.26. The summed E-state index contributed by atoms with van der Waals surface area (Å²) in [7, 11) is 5.01. The maximum absolute atomic E-state index is 12.7. The number of piperazine rings is 1. The molecule has 0 saturated carbocycles. The lowest BCUT2D eigenvalue weighted by atomic mass is 10.2. The highest BCUT2D eigenvalue weighted by Gasteiger charge is 2.22. The van der Waals surface area contributed by atoms with Gasteiger partial charge in [-0.1, -0.05) is 6.07 Å². The molecule has 1 N–H and O–H groups in total. The first-order valence-electron chi connectivity index (χ1n) is 10.3. The normalized spacial score (nSPS) is 13.8. The number of hydrogen-bond donors (Lipinski definition) is 1. The molecule has 2 amide bonds. The number of hydrogen-bond acceptors (Lipinski definition) is 6. The van der Waals surface area contributed by atoms with Crippen LogP contribution in [0.25, 0.3) is 0 Å². The first-order valence-corrected chi connectivity index (χ1v) is 10.3. The van der Waals surface area contributed by atoms with Gasteiger partial charge < -0.3 is 24.6 Å². The lowest BCUT2D eigenvalue weighted by Crippen LogP contribution is -2.51. The molecule has 1 aliphatic heterocycles. The van der Waals surface area contributed by atoms with Gasteiger partial charge >= 0.3 is 0 Å². The minimum absolute atomic E-state index is 0.0334. The highest BCUT2D eigenvalue weighted by molar-refractivity contribution is 5.92. The fourth-order valence-corrected chi connectivity index (χ4v) is 3.54. The van der Waals surface area contributed by atoms with Crippen LogP contribution in [0.15, 0.2) is 48.5 Å². The Morgan fingerprint density at radius 1 is 0.935 bits per heavy atom. The number of nitrogens with zero attached hydrogens (tertiary/aromatic N) is 3. The molecule has 0 aliphatic carbocycles. The van der Waals surface area contributed by atoms with Crippen molar-refractivity contribution in [3.8, 4) is 11.5 Å². The van der Waals surface area contributed by atoms with Crippen LogP contribution in [0.5, 0.6) is 11.5 Å². The molecule has 3 rings (SSSR count). The third kappa shape index (κ3) is 6.36. The number of carbonyl (C=O) groups is 2. The molecule has 0 radical (unpaired) electrons. The lowest BCUT2D eigenvalue weighted by Gasteiger charge is -2.36. The number of amides is 2. The molecular weight excluding hydrogens is 396 g/mol. The van der Waals surface area contributed by atoms with E-state index in [4.69, 9.17) is 9.47 Å². The lowest BCUT2D eigenvalue weighted by molar-refractivity contribution is -0.132. The molecular formula is C23H30N4O4. The van der Waals surface area contributed by atoms with E-state index in [9.17, 15) is 9.59 Å². The minimum atomic E-state index is -0.173. The highest BCUT2D eigenvalue weighted by atomic mass is 16.5. The summed E-state index contributed by atoms with van der Waals surface area (Å²) in [4.78, 5) is 30.8. The van der Waals surface area contributed by atoms with Crippen LogP contribution in [0.3, 0.4) is 0 Å². The third-order valence-corrected chi connectivity index (χ3v) is 5.24. The van der Waals surface area contributed by atoms with Gasteiger partial charge in [0.2, 0.25) is 11.8 Å². The molecule has 0 bridgehead atoms. The molecule has 0 aromatic heterocycles. The molecule has 2 aromatic carbocycles. The molecule has 166 valence electrons. The average molecular weight is 427 g/mol. The van der Waals surface area contributed by atoms with Crippen LogP contribution in [-0.4, -0.2) is 82.1 Å². The largest absolute Gasteiger partial charge is 0.497 e. The van der Waals surface area contributed by atoms with Gasteiger partial charge in [-0.15, -0.1) is 0 Å². The SMILES string of the molecule is COc1ccc(N2CCN(C(=O)CN(C)CC(=O)Nc3cccc(OC)c3)CC2)cc1. The van der Waals surface area contributed by atoms with Crippen molar-refractivity contribution in [3.63, 3.8) is 0 Å². The molecule has 0 unspecified atom stereocenters. The van der Waals surface area contributed by atoms with Crippen LogP contribution in [0.1, 0.15) is 0 Å². The van der Waals surface area contributed by atoms with Crippen molar-refractivity contribution in [3.05, 3.63) is 48.5 Å². The molecule has 1 saturated heterocycles. The monoisotopic (exact) mass is 426 g/mol. The first kappa shape index (κ1) is 22.4. The number of rotatable bonds is 8. The second-order valence-corrected chi connectivity index (χ2v) is 7.52. The molecule has 31 heavy (non-hydrogen) atoms. The van der Waals surface area contributed by atoms with Crippen molar-refractivity contribution in [2.75, 3.05) is 70.8 Å². The second kappa shape index (κ2) is 10.7. The van der Waals surface area contributed by atoms with E-state index in [1.165, 1.54) is 0 Å². The van der Waals surface area contributed by atoms with Gasteiger partial charge in [0, 0.05) is 43.6 Å². The van der Waals surface area contributed by atoms with E-state index in [0.717, 1.165) is 24.5 Å². The summed E-state index contributed by atoms with van der Waals surface area (Å²) in [5, 5.41) is 2.83. The minimum Gasteiger partial charge on any atom is -0.497 e. The van der Waals surface area contributed by atoms with Crippen molar-refractivity contribution in [2.45, 2.75) is 0 Å². The van der Waals surface area contributed by atoms with Crippen LogP contribution in [-0.2, 0) is 9.59 Å². The van der Waals surface area contributed by atoms with Gasteiger partial charge in [-0.2, -0.15) is 0 Å². The van der Waals surface area contributed by atoms with Crippen molar-refractivity contribution in [1.29, 1.82) is 0 Å². The summed E-state index contributed by atoms with van der Waals surface area (Å²) in [5.41, 5.74) is 1.79. The zero-order valence-electron chi connectivity index (χ0n) is 18.3. The Kier molecular flexibility index (Phi) is 7.72. The van der Waals surface area contributed by atoms with Crippen LogP contribution in [0.2, 0.25) is 0 Å². The summed E-state index contributed by atoms with van der Waals surface area (Å²) in [6.07, 6.45) is 0. The number of benzene rings is 2. The predicted molar refractivity (Wildman–Crippen MR) is 121 cm³/mol. The van der Waals surface area contributed by atoms with Crippen LogP contribution in [0, 0.1) is 0 Å². The van der Waals surface area contributed by atoms with Gasteiger partial charge in [0.1, 0.15) is 11.5 Å². The standard InChI is InChI=1S/C23H30N4O4/c1-25(16-22(28)24-18-5-4-6-21(15-18)31-3)17-23(29)27-13-11-26(12-14-27)19-7-9-20(30-2)10-8-19/h4-10,15H,11-14,16-17H2,1-3H3,(H,24,28). The average Bonchev–Trinajstić information content (AvgIpc) is 2.79. The Morgan fingerprint density at radius 2 is 1.61 bits per heavy atom. The van der Waals surface area contributed by atoms with Crippen molar-refractivity contribution in [1.82, 2.24) is 9.80 Å². The summed E-state index contributed by atoms with van der Waals surface area (Å²) < 4.78 is 10.4. The molecule has 0 spiro atoms. The quantitative estimate of drug-likeness (QED) is 0.695. The summed E-state index contributed by atoms with van der Waals surface area (Å²) >= 11 is 0. The third-order valence-electron chi connectivity index (χ3n) is 5.24. The number of nitrogens with one attached hydrogen (secondary N) is 1. The molecule has 2 aromatic rings. The van der Waals surface area contributed by atoms with E-state index in [1.807, 2.05) is 41.3 Å². The number of methoxy groups -OCH3 is 2. The molecule has 8 heteroatoms. The fraction of sp³-hybridized carbons (Fsp3) is 0.391. The van der Waals surface area contributed by atoms with Crippen molar-refractivity contribution < 1.29 is 19.1 Å². The van der Waals surface area contributed by atoms with E-state index in [0.29, 0.717) is 24.5 Å². The van der Waals surface area contributed by atoms with Crippen LogP contribution >= 0.6 is 0 Å². The number of ether oxygens (including phenoxy) is 2. The van der Waals surface area contributed by atoms with Gasteiger partial charge in [0.25, 0.3) is 0 Å². The van der Waals surface area contributed by atoms with E-state index in [2.05, 4.69) is 10.2 Å². The van der Waals surface area contributed by atoms with Crippen LogP contribution in [0.4, 0.5) is 11.4 Å². The second-order valence-electron chi connectivity index (χ2n) is 7.52. The smallest absolute Gasteiger partial charge is 0.238 e. The zero-order valence-corrected chi connectivity index (χ0v) is 18.3. The molecule has 1 aliphatic rings. The van der Waals surface area contributed by atoms with Gasteiger partial charge in [0.15, 0.2) is 0 Å². The predicted octanol–water partition coefficient (Wildman–Crippen LogP) is 1.92. The molecule has 1 heterocycles. The molecule has 8 nitrogen and oxygen atoms in total. The summed E-state index contributed by atoms with van der Waals surface area (Å²) in [6, 6.07) is 15.1. The van der Waals surface area contributed by atoms with Crippen LogP contribution < -0.4 is 19.7 Å². The maximum atomic E-state index is 12.7. The van der Waals surface area contributed by atoms with Gasteiger partial charge in [-0.25, -0.2) is 0 Å². The number of anilines is 2. The van der Waals surface area contributed by atoms with E-state index in [-0.39, 0.29) is 24.9 Å². The van der Waals surface area contributed by atoms with Crippen molar-refractivity contribution in [2.24, 2.45) is 0 Å². The Bertz CT molecular complexity index is 879.